The zero-order valence-corrected chi connectivity index (χ0v) is 14.3. The molecule has 0 saturated carbocycles. The molecule has 0 bridgehead atoms. The van der Waals surface area contributed by atoms with Crippen molar-refractivity contribution in [1.29, 1.82) is 0 Å². The molecule has 0 radical (unpaired) electrons. The zero-order chi connectivity index (χ0) is 18.4. The van der Waals surface area contributed by atoms with Gasteiger partial charge in [0.25, 0.3) is 11.6 Å². The first-order valence-electron chi connectivity index (χ1n) is 7.74. The van der Waals surface area contributed by atoms with Crippen molar-refractivity contribution >= 4 is 11.6 Å². The molecule has 1 N–H and O–H groups in total. The second-order valence-corrected chi connectivity index (χ2v) is 5.57. The molecule has 0 saturated heterocycles. The Morgan fingerprint density at radius 2 is 1.84 bits per heavy atom. The third kappa shape index (κ3) is 4.69. The van der Waals surface area contributed by atoms with Crippen molar-refractivity contribution in [1.82, 2.24) is 5.32 Å². The minimum atomic E-state index is -0.498. The van der Waals surface area contributed by atoms with Crippen LogP contribution in [0.2, 0.25) is 0 Å². The highest BCUT2D eigenvalue weighted by molar-refractivity contribution is 5.96. The summed E-state index contributed by atoms with van der Waals surface area (Å²) in [4.78, 5) is 22.8. The average Bonchev–Trinajstić information content (AvgIpc) is 2.60. The second-order valence-electron chi connectivity index (χ2n) is 5.57. The summed E-state index contributed by atoms with van der Waals surface area (Å²) in [6, 6.07) is 11.3. The van der Waals surface area contributed by atoms with Gasteiger partial charge in [-0.2, -0.15) is 0 Å². The zero-order valence-electron chi connectivity index (χ0n) is 14.3. The fourth-order valence-electron chi connectivity index (χ4n) is 2.30. The van der Waals surface area contributed by atoms with Gasteiger partial charge in [0, 0.05) is 17.2 Å². The lowest BCUT2D eigenvalue weighted by atomic mass is 10.1. The molecule has 1 amide bonds. The Hall–Kier alpha value is -3.09. The van der Waals surface area contributed by atoms with Gasteiger partial charge in [-0.15, -0.1) is 0 Å². The van der Waals surface area contributed by atoms with Gasteiger partial charge in [-0.25, -0.2) is 0 Å². The van der Waals surface area contributed by atoms with Gasteiger partial charge in [0.05, 0.1) is 18.1 Å². The maximum atomic E-state index is 12.3. The summed E-state index contributed by atoms with van der Waals surface area (Å²) in [5.74, 6) is 1.02. The number of rotatable bonds is 7. The summed E-state index contributed by atoms with van der Waals surface area (Å²) < 4.78 is 10.7. The minimum Gasteiger partial charge on any atom is -0.497 e. The first-order valence-corrected chi connectivity index (χ1v) is 7.74. The van der Waals surface area contributed by atoms with Crippen LogP contribution in [0.4, 0.5) is 5.69 Å². The van der Waals surface area contributed by atoms with Crippen molar-refractivity contribution in [3.05, 3.63) is 63.7 Å². The van der Waals surface area contributed by atoms with Gasteiger partial charge in [-0.3, -0.25) is 14.9 Å². The topological polar surface area (TPSA) is 90.7 Å². The molecule has 0 aromatic heterocycles. The van der Waals surface area contributed by atoms with Crippen LogP contribution in [0.15, 0.2) is 42.5 Å². The Balaban J connectivity index is 1.95. The standard InChI is InChI=1S/C18H20N2O5/c1-12(11-25-15-9-7-14(24-3)8-10-15)19-18(21)16-5-4-6-17(13(16)2)20(22)23/h4-10,12H,11H2,1-3H3,(H,19,21). The molecule has 132 valence electrons. The smallest absolute Gasteiger partial charge is 0.273 e. The van der Waals surface area contributed by atoms with Crippen LogP contribution in [-0.4, -0.2) is 30.6 Å². The molecule has 7 heteroatoms. The van der Waals surface area contributed by atoms with Crippen LogP contribution in [0.3, 0.4) is 0 Å². The van der Waals surface area contributed by atoms with Crippen LogP contribution in [0.1, 0.15) is 22.8 Å². The summed E-state index contributed by atoms with van der Waals surface area (Å²) in [6.07, 6.45) is 0. The summed E-state index contributed by atoms with van der Waals surface area (Å²) in [5.41, 5.74) is 0.550. The summed E-state index contributed by atoms with van der Waals surface area (Å²) in [6.45, 7) is 3.63. The third-order valence-electron chi connectivity index (χ3n) is 3.68. The van der Waals surface area contributed by atoms with E-state index in [2.05, 4.69) is 5.32 Å². The van der Waals surface area contributed by atoms with E-state index in [-0.39, 0.29) is 29.8 Å². The van der Waals surface area contributed by atoms with Crippen molar-refractivity contribution in [3.8, 4) is 11.5 Å². The molecule has 0 heterocycles. The molecular formula is C18H20N2O5. The number of ether oxygens (including phenoxy) is 2. The van der Waals surface area contributed by atoms with Gasteiger partial charge in [-0.1, -0.05) is 6.07 Å². The fourth-order valence-corrected chi connectivity index (χ4v) is 2.30. The lowest BCUT2D eigenvalue weighted by molar-refractivity contribution is -0.385. The van der Waals surface area contributed by atoms with Crippen LogP contribution in [0, 0.1) is 17.0 Å². The van der Waals surface area contributed by atoms with Gasteiger partial charge in [-0.05, 0) is 44.2 Å². The van der Waals surface area contributed by atoms with Crippen molar-refractivity contribution < 1.29 is 19.2 Å². The van der Waals surface area contributed by atoms with Crippen LogP contribution in [0.5, 0.6) is 11.5 Å². The number of nitro groups is 1. The van der Waals surface area contributed by atoms with Crippen LogP contribution in [0.25, 0.3) is 0 Å². The molecule has 2 rings (SSSR count). The number of hydrogen-bond acceptors (Lipinski definition) is 5. The normalized spacial score (nSPS) is 11.5. The average molecular weight is 344 g/mol. The van der Waals surface area contributed by atoms with Gasteiger partial charge in [0.15, 0.2) is 0 Å². The molecule has 1 atom stereocenters. The van der Waals surface area contributed by atoms with Crippen LogP contribution in [-0.2, 0) is 0 Å². The second kappa shape index (κ2) is 8.14. The highest BCUT2D eigenvalue weighted by atomic mass is 16.6. The molecule has 0 fully saturated rings. The minimum absolute atomic E-state index is 0.0743. The Morgan fingerprint density at radius 1 is 1.20 bits per heavy atom. The SMILES string of the molecule is COc1ccc(OCC(C)NC(=O)c2cccc([N+](=O)[O-])c2C)cc1. The Kier molecular flexibility index (Phi) is 5.94. The molecule has 2 aromatic rings. The van der Waals surface area contributed by atoms with E-state index in [9.17, 15) is 14.9 Å². The predicted molar refractivity (Wildman–Crippen MR) is 93.3 cm³/mol. The largest absolute Gasteiger partial charge is 0.497 e. The van der Waals surface area contributed by atoms with E-state index in [0.29, 0.717) is 11.3 Å². The first kappa shape index (κ1) is 18.3. The number of methoxy groups -OCH3 is 1. The molecule has 0 spiro atoms. The van der Waals surface area contributed by atoms with E-state index in [1.54, 1.807) is 51.3 Å². The quantitative estimate of drug-likeness (QED) is 0.615. The lowest BCUT2D eigenvalue weighted by Crippen LogP contribution is -2.37. The number of amides is 1. The van der Waals surface area contributed by atoms with E-state index in [1.165, 1.54) is 12.1 Å². The molecule has 0 aliphatic heterocycles. The number of carbonyl (C=O) groups is 1. The number of nitro benzene ring substituents is 1. The molecule has 0 aliphatic rings. The predicted octanol–water partition coefficient (Wildman–Crippen LogP) is 3.11. The Bertz CT molecular complexity index is 759. The number of carbonyl (C=O) groups excluding carboxylic acids is 1. The van der Waals surface area contributed by atoms with Crippen molar-refractivity contribution in [2.75, 3.05) is 13.7 Å². The fraction of sp³-hybridized carbons (Fsp3) is 0.278. The molecule has 2 aromatic carbocycles. The first-order chi connectivity index (χ1) is 11.9. The van der Waals surface area contributed by atoms with Crippen LogP contribution < -0.4 is 14.8 Å². The van der Waals surface area contributed by atoms with Gasteiger partial charge in [0.2, 0.25) is 0 Å². The highest BCUT2D eigenvalue weighted by Crippen LogP contribution is 2.21. The van der Waals surface area contributed by atoms with Crippen LogP contribution >= 0.6 is 0 Å². The van der Waals surface area contributed by atoms with Gasteiger partial charge < -0.3 is 14.8 Å². The molecule has 25 heavy (non-hydrogen) atoms. The maximum absolute atomic E-state index is 12.3. The maximum Gasteiger partial charge on any atom is 0.273 e. The lowest BCUT2D eigenvalue weighted by Gasteiger charge is -2.16. The number of hydrogen-bond donors (Lipinski definition) is 1. The highest BCUT2D eigenvalue weighted by Gasteiger charge is 2.19. The van der Waals surface area contributed by atoms with E-state index in [4.69, 9.17) is 9.47 Å². The summed E-state index contributed by atoms with van der Waals surface area (Å²) in [7, 11) is 1.59. The summed E-state index contributed by atoms with van der Waals surface area (Å²) in [5, 5.41) is 13.8. The van der Waals surface area contributed by atoms with E-state index >= 15 is 0 Å². The Labute approximate surface area is 145 Å². The van der Waals surface area contributed by atoms with Crippen molar-refractivity contribution in [2.24, 2.45) is 0 Å². The third-order valence-corrected chi connectivity index (χ3v) is 3.68. The van der Waals surface area contributed by atoms with E-state index in [1.807, 2.05) is 0 Å². The molecule has 1 unspecified atom stereocenters. The molecular weight excluding hydrogens is 324 g/mol. The van der Waals surface area contributed by atoms with E-state index in [0.717, 1.165) is 5.75 Å². The molecule has 7 nitrogen and oxygen atoms in total. The number of nitrogens with zero attached hydrogens (tertiary/aromatic N) is 1. The van der Waals surface area contributed by atoms with Crippen molar-refractivity contribution in [3.63, 3.8) is 0 Å². The van der Waals surface area contributed by atoms with Gasteiger partial charge >= 0.3 is 0 Å². The Morgan fingerprint density at radius 3 is 2.44 bits per heavy atom. The van der Waals surface area contributed by atoms with Crippen molar-refractivity contribution in [2.45, 2.75) is 19.9 Å². The molecule has 0 aliphatic carbocycles. The number of nitrogens with one attached hydrogen (secondary N) is 1. The summed E-state index contributed by atoms with van der Waals surface area (Å²) >= 11 is 0. The number of benzene rings is 2. The van der Waals surface area contributed by atoms with Gasteiger partial charge in [0.1, 0.15) is 18.1 Å². The monoisotopic (exact) mass is 344 g/mol. The van der Waals surface area contributed by atoms with E-state index < -0.39 is 4.92 Å².